The molecule has 6 nitrogen and oxygen atoms in total. The first-order valence-corrected chi connectivity index (χ1v) is 9.31. The highest BCUT2D eigenvalue weighted by Gasteiger charge is 2.10. The molecule has 0 spiro atoms. The largest absolute Gasteiger partial charge is 0.469 e. The van der Waals surface area contributed by atoms with Crippen molar-refractivity contribution in [3.63, 3.8) is 0 Å². The fourth-order valence-corrected chi connectivity index (χ4v) is 2.90. The van der Waals surface area contributed by atoms with Crippen LogP contribution in [0.5, 0.6) is 0 Å². The first kappa shape index (κ1) is 18.3. The van der Waals surface area contributed by atoms with Crippen molar-refractivity contribution in [1.29, 1.82) is 0 Å². The molecular formula is C20H28N4O2. The maximum absolute atomic E-state index is 5.41. The second-order valence-electron chi connectivity index (χ2n) is 6.22. The average molecular weight is 356 g/mol. The molecule has 1 aliphatic rings. The molecule has 6 heteroatoms. The Balaban J connectivity index is 1.51. The van der Waals surface area contributed by atoms with Gasteiger partial charge in [0.1, 0.15) is 5.76 Å². The molecule has 2 N–H and O–H groups in total. The van der Waals surface area contributed by atoms with Crippen LogP contribution in [-0.4, -0.2) is 45.4 Å². The van der Waals surface area contributed by atoms with Crippen molar-refractivity contribution in [2.24, 2.45) is 4.99 Å². The first-order chi connectivity index (χ1) is 12.8. The van der Waals surface area contributed by atoms with Gasteiger partial charge in [0.2, 0.25) is 0 Å². The van der Waals surface area contributed by atoms with E-state index in [1.54, 1.807) is 6.26 Å². The average Bonchev–Trinajstić information content (AvgIpc) is 3.21. The monoisotopic (exact) mass is 356 g/mol. The first-order valence-electron chi connectivity index (χ1n) is 9.31. The van der Waals surface area contributed by atoms with Crippen LogP contribution >= 0.6 is 0 Å². The quantitative estimate of drug-likeness (QED) is 0.589. The van der Waals surface area contributed by atoms with Crippen LogP contribution in [0.3, 0.4) is 0 Å². The normalized spacial score (nSPS) is 15.1. The van der Waals surface area contributed by atoms with E-state index >= 15 is 0 Å². The van der Waals surface area contributed by atoms with Gasteiger partial charge in [-0.25, -0.2) is 4.99 Å². The summed E-state index contributed by atoms with van der Waals surface area (Å²) in [6.45, 7) is 7.88. The Kier molecular flexibility index (Phi) is 6.96. The van der Waals surface area contributed by atoms with Crippen molar-refractivity contribution >= 4 is 11.6 Å². The number of hydrogen-bond donors (Lipinski definition) is 2. The van der Waals surface area contributed by atoms with E-state index in [0.29, 0.717) is 6.54 Å². The Labute approximate surface area is 155 Å². The number of guanidine groups is 1. The lowest BCUT2D eigenvalue weighted by Crippen LogP contribution is -2.38. The molecular weight excluding hydrogens is 328 g/mol. The summed E-state index contributed by atoms with van der Waals surface area (Å²) in [7, 11) is 0. The minimum Gasteiger partial charge on any atom is -0.469 e. The molecule has 140 valence electrons. The molecule has 2 aromatic rings. The third-order valence-corrected chi connectivity index (χ3v) is 4.32. The van der Waals surface area contributed by atoms with Crippen LogP contribution in [-0.2, 0) is 17.7 Å². The Morgan fingerprint density at radius 1 is 1.12 bits per heavy atom. The van der Waals surface area contributed by atoms with E-state index in [4.69, 9.17) is 9.15 Å². The zero-order chi connectivity index (χ0) is 18.0. The van der Waals surface area contributed by atoms with E-state index in [0.717, 1.165) is 57.5 Å². The van der Waals surface area contributed by atoms with E-state index in [1.807, 2.05) is 12.1 Å². The molecule has 0 saturated carbocycles. The number of morpholine rings is 1. The summed E-state index contributed by atoms with van der Waals surface area (Å²) in [5.41, 5.74) is 2.45. The summed E-state index contributed by atoms with van der Waals surface area (Å²) in [6, 6.07) is 12.6. The van der Waals surface area contributed by atoms with Gasteiger partial charge in [-0.15, -0.1) is 0 Å². The Bertz CT molecular complexity index is 662. The number of anilines is 1. The van der Waals surface area contributed by atoms with E-state index < -0.39 is 0 Å². The van der Waals surface area contributed by atoms with Crippen molar-refractivity contribution in [2.75, 3.05) is 44.3 Å². The van der Waals surface area contributed by atoms with Crippen molar-refractivity contribution < 1.29 is 9.15 Å². The molecule has 26 heavy (non-hydrogen) atoms. The summed E-state index contributed by atoms with van der Waals surface area (Å²) in [6.07, 6.45) is 2.54. The molecule has 0 amide bonds. The lowest BCUT2D eigenvalue weighted by molar-refractivity contribution is 0.122. The van der Waals surface area contributed by atoms with Gasteiger partial charge in [-0.2, -0.15) is 0 Å². The molecule has 1 aliphatic heterocycles. The Morgan fingerprint density at radius 2 is 1.92 bits per heavy atom. The maximum atomic E-state index is 5.41. The molecule has 0 bridgehead atoms. The minimum absolute atomic E-state index is 0.652. The number of ether oxygens (including phenoxy) is 1. The van der Waals surface area contributed by atoms with Crippen molar-refractivity contribution in [2.45, 2.75) is 19.9 Å². The van der Waals surface area contributed by atoms with Gasteiger partial charge < -0.3 is 24.7 Å². The third-order valence-electron chi connectivity index (χ3n) is 4.32. The van der Waals surface area contributed by atoms with Gasteiger partial charge >= 0.3 is 0 Å². The lowest BCUT2D eigenvalue weighted by atomic mass is 10.2. The van der Waals surface area contributed by atoms with Gasteiger partial charge in [0.15, 0.2) is 5.96 Å². The van der Waals surface area contributed by atoms with Crippen LogP contribution in [0.4, 0.5) is 5.69 Å². The zero-order valence-electron chi connectivity index (χ0n) is 15.4. The summed E-state index contributed by atoms with van der Waals surface area (Å²) < 4.78 is 10.8. The zero-order valence-corrected chi connectivity index (χ0v) is 15.4. The number of aliphatic imine (C=N–C) groups is 1. The summed E-state index contributed by atoms with van der Waals surface area (Å²) in [5, 5.41) is 6.63. The maximum Gasteiger partial charge on any atom is 0.191 e. The highest BCUT2D eigenvalue weighted by atomic mass is 16.5. The number of furan rings is 1. The van der Waals surface area contributed by atoms with Crippen LogP contribution in [0.15, 0.2) is 52.1 Å². The molecule has 1 aromatic carbocycles. The third kappa shape index (κ3) is 5.52. The van der Waals surface area contributed by atoms with E-state index in [1.165, 1.54) is 11.3 Å². The SMILES string of the molecule is CCNC(=NCc1ccc(N2CCOCC2)cc1)NCCc1ccco1. The van der Waals surface area contributed by atoms with Gasteiger partial charge in [0.25, 0.3) is 0 Å². The molecule has 1 aromatic heterocycles. The van der Waals surface area contributed by atoms with Crippen LogP contribution in [0.1, 0.15) is 18.2 Å². The topological polar surface area (TPSA) is 62.0 Å². The standard InChI is InChI=1S/C20H28N4O2/c1-2-21-20(22-10-9-19-4-3-13-26-19)23-16-17-5-7-18(8-6-17)24-11-14-25-15-12-24/h3-8,13H,2,9-12,14-16H2,1H3,(H2,21,22,23). The lowest BCUT2D eigenvalue weighted by Gasteiger charge is -2.28. The van der Waals surface area contributed by atoms with E-state index in [9.17, 15) is 0 Å². The fraction of sp³-hybridized carbons (Fsp3) is 0.450. The summed E-state index contributed by atoms with van der Waals surface area (Å²) in [4.78, 5) is 7.03. The Morgan fingerprint density at radius 3 is 2.62 bits per heavy atom. The van der Waals surface area contributed by atoms with Gasteiger partial charge in [-0.3, -0.25) is 0 Å². The molecule has 2 heterocycles. The van der Waals surface area contributed by atoms with E-state index in [2.05, 4.69) is 51.7 Å². The smallest absolute Gasteiger partial charge is 0.191 e. The number of rotatable bonds is 7. The molecule has 1 saturated heterocycles. The van der Waals surface area contributed by atoms with E-state index in [-0.39, 0.29) is 0 Å². The van der Waals surface area contributed by atoms with Gasteiger partial charge in [-0.1, -0.05) is 12.1 Å². The van der Waals surface area contributed by atoms with Gasteiger partial charge in [0.05, 0.1) is 26.0 Å². The second-order valence-corrected chi connectivity index (χ2v) is 6.22. The van der Waals surface area contributed by atoms with Crippen LogP contribution < -0.4 is 15.5 Å². The Hall–Kier alpha value is -2.47. The summed E-state index contributed by atoms with van der Waals surface area (Å²) >= 11 is 0. The van der Waals surface area contributed by atoms with Crippen LogP contribution in [0, 0.1) is 0 Å². The van der Waals surface area contributed by atoms with Crippen molar-refractivity contribution in [3.05, 3.63) is 54.0 Å². The number of nitrogens with zero attached hydrogens (tertiary/aromatic N) is 2. The molecule has 0 radical (unpaired) electrons. The summed E-state index contributed by atoms with van der Waals surface area (Å²) in [5.74, 6) is 1.81. The van der Waals surface area contributed by atoms with Gasteiger partial charge in [-0.05, 0) is 36.8 Å². The fourth-order valence-electron chi connectivity index (χ4n) is 2.90. The van der Waals surface area contributed by atoms with Crippen molar-refractivity contribution in [1.82, 2.24) is 10.6 Å². The molecule has 0 unspecified atom stereocenters. The van der Waals surface area contributed by atoms with Crippen molar-refractivity contribution in [3.8, 4) is 0 Å². The highest BCUT2D eigenvalue weighted by molar-refractivity contribution is 5.79. The predicted octanol–water partition coefficient (Wildman–Crippen LogP) is 2.41. The predicted molar refractivity (Wildman–Crippen MR) is 105 cm³/mol. The number of hydrogen-bond acceptors (Lipinski definition) is 4. The highest BCUT2D eigenvalue weighted by Crippen LogP contribution is 2.17. The van der Waals surface area contributed by atoms with Crippen LogP contribution in [0.2, 0.25) is 0 Å². The van der Waals surface area contributed by atoms with Gasteiger partial charge in [0, 0.05) is 38.3 Å². The van der Waals surface area contributed by atoms with Crippen LogP contribution in [0.25, 0.3) is 0 Å². The molecule has 0 aliphatic carbocycles. The molecule has 1 fully saturated rings. The molecule has 3 rings (SSSR count). The number of benzene rings is 1. The molecule has 0 atom stereocenters. The minimum atomic E-state index is 0.652. The second kappa shape index (κ2) is 9.87. The number of nitrogens with one attached hydrogen (secondary N) is 2.